The van der Waals surface area contributed by atoms with Gasteiger partial charge in [-0.05, 0) is 75.4 Å². The predicted octanol–water partition coefficient (Wildman–Crippen LogP) is 5.12. The molecule has 1 aromatic heterocycles. The van der Waals surface area contributed by atoms with Crippen molar-refractivity contribution in [1.82, 2.24) is 4.57 Å². The number of ether oxygens (including phenoxy) is 1. The summed E-state index contributed by atoms with van der Waals surface area (Å²) in [5.74, 6) is 0.876. The van der Waals surface area contributed by atoms with Gasteiger partial charge in [0.2, 0.25) is 0 Å². The Bertz CT molecular complexity index is 958. The molecule has 26 heavy (non-hydrogen) atoms. The maximum absolute atomic E-state index is 8.86. The summed E-state index contributed by atoms with van der Waals surface area (Å²) >= 11 is 0. The third-order valence-electron chi connectivity index (χ3n) is 4.23. The highest BCUT2D eigenvalue weighted by Crippen LogP contribution is 2.23. The van der Waals surface area contributed by atoms with Crippen molar-refractivity contribution in [3.63, 3.8) is 0 Å². The van der Waals surface area contributed by atoms with E-state index in [2.05, 4.69) is 47.7 Å². The number of hydrogen-bond donors (Lipinski definition) is 0. The first kappa shape index (κ1) is 17.5. The van der Waals surface area contributed by atoms with Crippen molar-refractivity contribution in [2.24, 2.45) is 4.99 Å². The van der Waals surface area contributed by atoms with Crippen molar-refractivity contribution in [2.45, 2.75) is 20.8 Å². The summed E-state index contributed by atoms with van der Waals surface area (Å²) < 4.78 is 7.72. The van der Waals surface area contributed by atoms with Gasteiger partial charge in [-0.25, -0.2) is 0 Å². The lowest BCUT2D eigenvalue weighted by Gasteiger charge is -2.10. The topological polar surface area (TPSA) is 50.3 Å². The van der Waals surface area contributed by atoms with Gasteiger partial charge < -0.3 is 9.30 Å². The largest absolute Gasteiger partial charge is 0.494 e. The van der Waals surface area contributed by atoms with Crippen LogP contribution in [0.3, 0.4) is 0 Å². The van der Waals surface area contributed by atoms with E-state index >= 15 is 0 Å². The molecule has 3 aromatic rings. The Kier molecular flexibility index (Phi) is 5.19. The summed E-state index contributed by atoms with van der Waals surface area (Å²) in [6.07, 6.45) is 1.87. The van der Waals surface area contributed by atoms with Crippen molar-refractivity contribution in [3.8, 4) is 17.5 Å². The Morgan fingerprint density at radius 1 is 1.08 bits per heavy atom. The van der Waals surface area contributed by atoms with Gasteiger partial charge in [0.25, 0.3) is 0 Å². The third-order valence-corrected chi connectivity index (χ3v) is 4.23. The lowest BCUT2D eigenvalue weighted by molar-refractivity contribution is 0.340. The zero-order valence-corrected chi connectivity index (χ0v) is 15.2. The molecule has 130 valence electrons. The molecule has 0 N–H and O–H groups in total. The summed E-state index contributed by atoms with van der Waals surface area (Å²) in [4.78, 5) is 4.53. The van der Waals surface area contributed by atoms with Gasteiger partial charge in [-0.15, -0.1) is 0 Å². The smallest absolute Gasteiger partial charge is 0.119 e. The zero-order valence-electron chi connectivity index (χ0n) is 15.2. The minimum atomic E-state index is 0.637. The van der Waals surface area contributed by atoms with Crippen LogP contribution in [0.25, 0.3) is 5.69 Å². The average Bonchev–Trinajstić information content (AvgIpc) is 2.95. The quantitative estimate of drug-likeness (QED) is 0.604. The maximum Gasteiger partial charge on any atom is 0.119 e. The Hall–Kier alpha value is -3.32. The first-order valence-corrected chi connectivity index (χ1v) is 8.58. The molecule has 0 aliphatic carbocycles. The molecule has 0 spiro atoms. The highest BCUT2D eigenvalue weighted by Gasteiger charge is 2.09. The van der Waals surface area contributed by atoms with Crippen LogP contribution in [0.1, 0.15) is 29.4 Å². The maximum atomic E-state index is 8.86. The molecular weight excluding hydrogens is 322 g/mol. The monoisotopic (exact) mass is 343 g/mol. The van der Waals surface area contributed by atoms with Crippen LogP contribution in [-0.4, -0.2) is 17.4 Å². The number of rotatable bonds is 5. The van der Waals surface area contributed by atoms with Crippen LogP contribution >= 0.6 is 0 Å². The van der Waals surface area contributed by atoms with E-state index in [0.717, 1.165) is 34.1 Å². The second-order valence-electron chi connectivity index (χ2n) is 6.01. The Morgan fingerprint density at radius 2 is 1.77 bits per heavy atom. The van der Waals surface area contributed by atoms with Crippen LogP contribution in [0.2, 0.25) is 0 Å². The minimum absolute atomic E-state index is 0.637. The zero-order chi connectivity index (χ0) is 18.5. The first-order valence-electron chi connectivity index (χ1n) is 8.58. The van der Waals surface area contributed by atoms with Crippen LogP contribution in [0.4, 0.5) is 5.69 Å². The molecule has 0 radical (unpaired) electrons. The van der Waals surface area contributed by atoms with E-state index in [1.807, 2.05) is 37.4 Å². The Morgan fingerprint density at radius 3 is 2.38 bits per heavy atom. The number of aliphatic imine (C=N–C) groups is 1. The highest BCUT2D eigenvalue weighted by atomic mass is 16.5. The molecule has 4 nitrogen and oxygen atoms in total. The molecule has 0 atom stereocenters. The van der Waals surface area contributed by atoms with Crippen molar-refractivity contribution in [3.05, 3.63) is 77.1 Å². The molecule has 1 heterocycles. The Labute approximate surface area is 154 Å². The van der Waals surface area contributed by atoms with Gasteiger partial charge in [0, 0.05) is 28.9 Å². The molecule has 0 saturated carbocycles. The molecule has 4 heteroatoms. The molecule has 0 bridgehead atoms. The molecule has 3 rings (SSSR count). The summed E-state index contributed by atoms with van der Waals surface area (Å²) in [6.45, 7) is 6.82. The van der Waals surface area contributed by atoms with Crippen LogP contribution in [0.5, 0.6) is 5.75 Å². The van der Waals surface area contributed by atoms with Crippen molar-refractivity contribution < 1.29 is 4.74 Å². The fraction of sp³-hybridized carbons (Fsp3) is 0.182. The van der Waals surface area contributed by atoms with Crippen LogP contribution in [-0.2, 0) is 0 Å². The highest BCUT2D eigenvalue weighted by molar-refractivity contribution is 5.84. The average molecular weight is 343 g/mol. The standard InChI is InChI=1S/C22H21N3O/c1-4-26-22-11-9-21(10-12-22)25-16(2)13-19(17(25)3)15-24-20-7-5-18(14-23)6-8-20/h5-13,15H,4H2,1-3H3. The van der Waals surface area contributed by atoms with E-state index in [0.29, 0.717) is 12.2 Å². The van der Waals surface area contributed by atoms with Gasteiger partial charge in [-0.1, -0.05) is 0 Å². The molecular formula is C22H21N3O. The second kappa shape index (κ2) is 7.71. The summed E-state index contributed by atoms with van der Waals surface area (Å²) in [5, 5.41) is 8.86. The van der Waals surface area contributed by atoms with Gasteiger partial charge in [0.15, 0.2) is 0 Å². The molecule has 0 unspecified atom stereocenters. The summed E-state index contributed by atoms with van der Waals surface area (Å²) in [7, 11) is 0. The minimum Gasteiger partial charge on any atom is -0.494 e. The first-order chi connectivity index (χ1) is 12.6. The number of nitrogens with zero attached hydrogens (tertiary/aromatic N) is 3. The van der Waals surface area contributed by atoms with Gasteiger partial charge >= 0.3 is 0 Å². The van der Waals surface area contributed by atoms with Crippen molar-refractivity contribution in [1.29, 1.82) is 5.26 Å². The van der Waals surface area contributed by atoms with Gasteiger partial charge in [-0.2, -0.15) is 5.26 Å². The SMILES string of the molecule is CCOc1ccc(-n2c(C)cc(C=Nc3ccc(C#N)cc3)c2C)cc1. The lowest BCUT2D eigenvalue weighted by atomic mass is 10.2. The van der Waals surface area contributed by atoms with Crippen molar-refractivity contribution in [2.75, 3.05) is 6.61 Å². The second-order valence-corrected chi connectivity index (χ2v) is 6.01. The number of aromatic nitrogens is 1. The van der Waals surface area contributed by atoms with Gasteiger partial charge in [0.05, 0.1) is 23.9 Å². The van der Waals surface area contributed by atoms with Crippen LogP contribution < -0.4 is 4.74 Å². The fourth-order valence-electron chi connectivity index (χ4n) is 2.94. The van der Waals surface area contributed by atoms with Gasteiger partial charge in [-0.3, -0.25) is 4.99 Å². The van der Waals surface area contributed by atoms with E-state index in [1.165, 1.54) is 0 Å². The van der Waals surface area contributed by atoms with Gasteiger partial charge in [0.1, 0.15) is 5.75 Å². The van der Waals surface area contributed by atoms with Crippen LogP contribution in [0, 0.1) is 25.2 Å². The number of benzene rings is 2. The molecule has 0 saturated heterocycles. The van der Waals surface area contributed by atoms with Crippen molar-refractivity contribution >= 4 is 11.9 Å². The number of nitriles is 1. The molecule has 0 fully saturated rings. The molecule has 0 aliphatic rings. The fourth-order valence-corrected chi connectivity index (χ4v) is 2.94. The molecule has 2 aromatic carbocycles. The number of hydrogen-bond acceptors (Lipinski definition) is 3. The summed E-state index contributed by atoms with van der Waals surface area (Å²) in [5.41, 5.74) is 5.91. The van der Waals surface area contributed by atoms with E-state index < -0.39 is 0 Å². The third kappa shape index (κ3) is 3.68. The van der Waals surface area contributed by atoms with E-state index in [9.17, 15) is 0 Å². The van der Waals surface area contributed by atoms with E-state index in [4.69, 9.17) is 10.00 Å². The molecule has 0 amide bonds. The molecule has 0 aliphatic heterocycles. The van der Waals surface area contributed by atoms with E-state index in [-0.39, 0.29) is 0 Å². The van der Waals surface area contributed by atoms with E-state index in [1.54, 1.807) is 12.1 Å². The van der Waals surface area contributed by atoms with Crippen LogP contribution in [0.15, 0.2) is 59.6 Å². The normalized spacial score (nSPS) is 10.8. The number of aryl methyl sites for hydroxylation is 1. The lowest BCUT2D eigenvalue weighted by Crippen LogP contribution is -2.00. The summed E-state index contributed by atoms with van der Waals surface area (Å²) in [6, 6.07) is 19.6. The Balaban J connectivity index is 1.87. The predicted molar refractivity (Wildman–Crippen MR) is 105 cm³/mol.